The van der Waals surface area contributed by atoms with E-state index in [1.54, 1.807) is 21.0 Å². The first-order valence-corrected chi connectivity index (χ1v) is 5.42. The molecule has 0 aliphatic carbocycles. The minimum absolute atomic E-state index is 0.0393. The molecule has 0 aliphatic heterocycles. The molecule has 0 aromatic heterocycles. The van der Waals surface area contributed by atoms with Crippen LogP contribution in [0.4, 0.5) is 0 Å². The van der Waals surface area contributed by atoms with E-state index in [-0.39, 0.29) is 6.10 Å². The number of benzene rings is 1. The van der Waals surface area contributed by atoms with Gasteiger partial charge in [-0.25, -0.2) is 0 Å². The number of rotatable bonds is 4. The second-order valence-corrected chi connectivity index (χ2v) is 4.56. The highest BCUT2D eigenvalue weighted by atomic mass is 16.5. The SMILES string of the molecule is COc1cccc(C(C)(C)O)c1OC(C)C. The van der Waals surface area contributed by atoms with Gasteiger partial charge in [0.25, 0.3) is 0 Å². The first-order valence-electron chi connectivity index (χ1n) is 5.42. The van der Waals surface area contributed by atoms with E-state index in [2.05, 4.69) is 0 Å². The highest BCUT2D eigenvalue weighted by molar-refractivity contribution is 5.49. The molecule has 16 heavy (non-hydrogen) atoms. The van der Waals surface area contributed by atoms with Crippen molar-refractivity contribution in [2.75, 3.05) is 7.11 Å². The molecule has 0 bridgehead atoms. The predicted octanol–water partition coefficient (Wildman–Crippen LogP) is 2.71. The lowest BCUT2D eigenvalue weighted by Gasteiger charge is -2.24. The van der Waals surface area contributed by atoms with Crippen LogP contribution in [0, 0.1) is 0 Å². The van der Waals surface area contributed by atoms with Crippen molar-refractivity contribution < 1.29 is 14.6 Å². The molecule has 1 rings (SSSR count). The first-order chi connectivity index (χ1) is 7.36. The molecule has 0 radical (unpaired) electrons. The Balaban J connectivity index is 3.26. The third-order valence-electron chi connectivity index (χ3n) is 2.21. The summed E-state index contributed by atoms with van der Waals surface area (Å²) in [6.45, 7) is 7.35. The smallest absolute Gasteiger partial charge is 0.167 e. The molecule has 0 unspecified atom stereocenters. The van der Waals surface area contributed by atoms with Gasteiger partial charge in [-0.3, -0.25) is 0 Å². The molecule has 0 aliphatic rings. The lowest BCUT2D eigenvalue weighted by molar-refractivity contribution is 0.0724. The zero-order valence-corrected chi connectivity index (χ0v) is 10.6. The van der Waals surface area contributed by atoms with Crippen LogP contribution in [0.1, 0.15) is 33.3 Å². The lowest BCUT2D eigenvalue weighted by Crippen LogP contribution is -2.19. The summed E-state index contributed by atoms with van der Waals surface area (Å²) in [7, 11) is 1.59. The molecule has 0 spiro atoms. The molecule has 0 fully saturated rings. The molecular formula is C13H20O3. The minimum Gasteiger partial charge on any atom is -0.493 e. The molecule has 3 heteroatoms. The summed E-state index contributed by atoms with van der Waals surface area (Å²) < 4.78 is 11.0. The minimum atomic E-state index is -0.946. The van der Waals surface area contributed by atoms with Gasteiger partial charge in [-0.15, -0.1) is 0 Å². The summed E-state index contributed by atoms with van der Waals surface area (Å²) in [4.78, 5) is 0. The average Bonchev–Trinajstić information content (AvgIpc) is 2.15. The fraction of sp³-hybridized carbons (Fsp3) is 0.538. The van der Waals surface area contributed by atoms with Crippen molar-refractivity contribution in [3.63, 3.8) is 0 Å². The van der Waals surface area contributed by atoms with Gasteiger partial charge in [0.2, 0.25) is 0 Å². The summed E-state index contributed by atoms with van der Waals surface area (Å²) >= 11 is 0. The Labute approximate surface area is 97.0 Å². The molecule has 0 amide bonds. The maximum Gasteiger partial charge on any atom is 0.167 e. The van der Waals surface area contributed by atoms with Crippen LogP contribution in [-0.2, 0) is 5.60 Å². The standard InChI is InChI=1S/C13H20O3/c1-9(2)16-12-10(13(3,4)14)7-6-8-11(12)15-5/h6-9,14H,1-5H3. The number of ether oxygens (including phenoxy) is 2. The van der Waals surface area contributed by atoms with Crippen LogP contribution in [0.5, 0.6) is 11.5 Å². The Bertz CT molecular complexity index is 351. The van der Waals surface area contributed by atoms with Gasteiger partial charge in [0.1, 0.15) is 0 Å². The average molecular weight is 224 g/mol. The first kappa shape index (κ1) is 12.8. The predicted molar refractivity (Wildman–Crippen MR) is 64.0 cm³/mol. The van der Waals surface area contributed by atoms with E-state index >= 15 is 0 Å². The lowest BCUT2D eigenvalue weighted by atomic mass is 9.97. The van der Waals surface area contributed by atoms with E-state index in [4.69, 9.17) is 9.47 Å². The molecule has 3 nitrogen and oxygen atoms in total. The highest BCUT2D eigenvalue weighted by Crippen LogP contribution is 2.37. The van der Waals surface area contributed by atoms with Gasteiger partial charge >= 0.3 is 0 Å². The molecule has 0 saturated heterocycles. The number of hydrogen-bond donors (Lipinski definition) is 1. The van der Waals surface area contributed by atoms with Crippen LogP contribution in [-0.4, -0.2) is 18.3 Å². The molecule has 0 heterocycles. The van der Waals surface area contributed by atoms with Gasteiger partial charge in [0, 0.05) is 5.56 Å². The fourth-order valence-corrected chi connectivity index (χ4v) is 1.52. The molecule has 1 aromatic rings. The Hall–Kier alpha value is -1.22. The summed E-state index contributed by atoms with van der Waals surface area (Å²) in [5.41, 5.74) is -0.209. The number of aliphatic hydroxyl groups is 1. The van der Waals surface area contributed by atoms with Gasteiger partial charge in [0.15, 0.2) is 11.5 Å². The largest absolute Gasteiger partial charge is 0.493 e. The fourth-order valence-electron chi connectivity index (χ4n) is 1.52. The summed E-state index contributed by atoms with van der Waals surface area (Å²) in [6, 6.07) is 5.52. The Kier molecular flexibility index (Phi) is 3.81. The van der Waals surface area contributed by atoms with Gasteiger partial charge in [-0.05, 0) is 33.8 Å². The van der Waals surface area contributed by atoms with Crippen LogP contribution < -0.4 is 9.47 Å². The zero-order valence-electron chi connectivity index (χ0n) is 10.6. The number of methoxy groups -OCH3 is 1. The Morgan fingerprint density at radius 3 is 2.31 bits per heavy atom. The van der Waals surface area contributed by atoms with E-state index < -0.39 is 5.60 Å². The van der Waals surface area contributed by atoms with Crippen molar-refractivity contribution in [3.05, 3.63) is 23.8 Å². The van der Waals surface area contributed by atoms with Crippen LogP contribution in [0.2, 0.25) is 0 Å². The second kappa shape index (κ2) is 4.74. The van der Waals surface area contributed by atoms with Gasteiger partial charge in [-0.1, -0.05) is 12.1 Å². The topological polar surface area (TPSA) is 38.7 Å². The highest BCUT2D eigenvalue weighted by Gasteiger charge is 2.24. The van der Waals surface area contributed by atoms with Crippen LogP contribution >= 0.6 is 0 Å². The van der Waals surface area contributed by atoms with Gasteiger partial charge in [-0.2, -0.15) is 0 Å². The van der Waals surface area contributed by atoms with Crippen LogP contribution in [0.25, 0.3) is 0 Å². The summed E-state index contributed by atoms with van der Waals surface area (Å²) in [6.07, 6.45) is 0.0393. The van der Waals surface area contributed by atoms with E-state index in [0.29, 0.717) is 11.5 Å². The molecule has 0 atom stereocenters. The second-order valence-electron chi connectivity index (χ2n) is 4.56. The zero-order chi connectivity index (χ0) is 12.3. The Morgan fingerprint density at radius 2 is 1.88 bits per heavy atom. The molecule has 1 aromatic carbocycles. The van der Waals surface area contributed by atoms with Crippen molar-refractivity contribution in [2.24, 2.45) is 0 Å². The normalized spacial score (nSPS) is 11.7. The van der Waals surface area contributed by atoms with Crippen molar-refractivity contribution in [3.8, 4) is 11.5 Å². The molecule has 1 N–H and O–H groups in total. The van der Waals surface area contributed by atoms with Gasteiger partial charge < -0.3 is 14.6 Å². The summed E-state index contributed by atoms with van der Waals surface area (Å²) in [5, 5.41) is 10.1. The van der Waals surface area contributed by atoms with Crippen molar-refractivity contribution >= 4 is 0 Å². The van der Waals surface area contributed by atoms with Crippen LogP contribution in [0.3, 0.4) is 0 Å². The molecule has 90 valence electrons. The number of hydrogen-bond acceptors (Lipinski definition) is 3. The summed E-state index contributed by atoms with van der Waals surface area (Å²) in [5.74, 6) is 1.26. The maximum atomic E-state index is 10.1. The third-order valence-corrected chi connectivity index (χ3v) is 2.21. The van der Waals surface area contributed by atoms with E-state index in [9.17, 15) is 5.11 Å². The maximum absolute atomic E-state index is 10.1. The Morgan fingerprint density at radius 1 is 1.25 bits per heavy atom. The van der Waals surface area contributed by atoms with Crippen molar-refractivity contribution in [1.82, 2.24) is 0 Å². The van der Waals surface area contributed by atoms with E-state index in [1.165, 1.54) is 0 Å². The van der Waals surface area contributed by atoms with E-state index in [0.717, 1.165) is 5.56 Å². The van der Waals surface area contributed by atoms with Gasteiger partial charge in [0.05, 0.1) is 18.8 Å². The quantitative estimate of drug-likeness (QED) is 0.854. The van der Waals surface area contributed by atoms with Crippen molar-refractivity contribution in [2.45, 2.75) is 39.4 Å². The molecule has 0 saturated carbocycles. The molecular weight excluding hydrogens is 204 g/mol. The third kappa shape index (κ3) is 2.89. The van der Waals surface area contributed by atoms with E-state index in [1.807, 2.05) is 32.0 Å². The monoisotopic (exact) mass is 224 g/mol. The number of para-hydroxylation sites is 1. The van der Waals surface area contributed by atoms with Crippen LogP contribution in [0.15, 0.2) is 18.2 Å². The van der Waals surface area contributed by atoms with Crippen molar-refractivity contribution in [1.29, 1.82) is 0 Å².